The van der Waals surface area contributed by atoms with E-state index in [0.29, 0.717) is 6.42 Å². The highest BCUT2D eigenvalue weighted by molar-refractivity contribution is 7.91. The van der Waals surface area contributed by atoms with Crippen LogP contribution in [0.4, 0.5) is 0 Å². The van der Waals surface area contributed by atoms with Gasteiger partial charge >= 0.3 is 0 Å². The maximum absolute atomic E-state index is 12.2. The minimum atomic E-state index is -3.04. The molecule has 7 nitrogen and oxygen atoms in total. The largest absolute Gasteiger partial charge is 0.358 e. The molecule has 0 radical (unpaired) electrons. The highest BCUT2D eigenvalue weighted by Crippen LogP contribution is 2.23. The number of nitrogens with one attached hydrogen (secondary N) is 3. The summed E-state index contributed by atoms with van der Waals surface area (Å²) in [5.74, 6) is -0.541. The Balaban J connectivity index is 1.55. The van der Waals surface area contributed by atoms with Crippen LogP contribution in [0.2, 0.25) is 0 Å². The molecule has 2 heterocycles. The molecule has 0 unspecified atom stereocenters. The first-order chi connectivity index (χ1) is 12.2. The highest BCUT2D eigenvalue weighted by atomic mass is 32.2. The lowest BCUT2D eigenvalue weighted by Crippen LogP contribution is -2.42. The molecule has 2 amide bonds. The molecule has 1 aromatic heterocycles. The molecule has 1 aliphatic heterocycles. The van der Waals surface area contributed by atoms with Crippen molar-refractivity contribution in [2.45, 2.75) is 32.7 Å². The second-order valence-electron chi connectivity index (χ2n) is 6.90. The van der Waals surface area contributed by atoms with Crippen LogP contribution in [-0.2, 0) is 25.8 Å². The lowest BCUT2D eigenvalue weighted by atomic mass is 10.1. The van der Waals surface area contributed by atoms with E-state index in [-0.39, 0.29) is 42.3 Å². The number of aryl methyl sites for hydroxylation is 2. The summed E-state index contributed by atoms with van der Waals surface area (Å²) in [6.07, 6.45) is 0.607. The number of rotatable bonds is 5. The van der Waals surface area contributed by atoms with Crippen molar-refractivity contribution in [2.75, 3.05) is 18.1 Å². The molecule has 1 aliphatic rings. The summed E-state index contributed by atoms with van der Waals surface area (Å²) in [5.41, 5.74) is 3.95. The zero-order chi connectivity index (χ0) is 18.9. The summed E-state index contributed by atoms with van der Waals surface area (Å²) in [4.78, 5) is 27.4. The van der Waals surface area contributed by atoms with Crippen LogP contribution in [0.25, 0.3) is 10.9 Å². The molecule has 1 atom stereocenters. The number of carbonyl (C=O) groups excluding carboxylic acids is 2. The van der Waals surface area contributed by atoms with Gasteiger partial charge in [-0.15, -0.1) is 0 Å². The Kier molecular flexibility index (Phi) is 5.04. The normalized spacial score (nSPS) is 18.8. The van der Waals surface area contributed by atoms with Gasteiger partial charge < -0.3 is 15.6 Å². The quantitative estimate of drug-likeness (QED) is 0.714. The maximum Gasteiger partial charge on any atom is 0.239 e. The Morgan fingerprint density at radius 2 is 2.00 bits per heavy atom. The summed E-state index contributed by atoms with van der Waals surface area (Å²) in [6.45, 7) is 3.76. The summed E-state index contributed by atoms with van der Waals surface area (Å²) in [5, 5.41) is 6.28. The van der Waals surface area contributed by atoms with Gasteiger partial charge in [0.05, 0.1) is 24.5 Å². The van der Waals surface area contributed by atoms with Gasteiger partial charge in [0.15, 0.2) is 9.84 Å². The van der Waals surface area contributed by atoms with E-state index in [1.807, 2.05) is 32.0 Å². The average molecular weight is 377 g/mol. The van der Waals surface area contributed by atoms with E-state index in [4.69, 9.17) is 0 Å². The minimum Gasteiger partial charge on any atom is -0.358 e. The van der Waals surface area contributed by atoms with Crippen molar-refractivity contribution in [1.82, 2.24) is 15.6 Å². The molecule has 26 heavy (non-hydrogen) atoms. The number of carbonyl (C=O) groups is 2. The average Bonchev–Trinajstić information content (AvgIpc) is 3.05. The smallest absolute Gasteiger partial charge is 0.239 e. The molecule has 3 N–H and O–H groups in total. The van der Waals surface area contributed by atoms with Crippen LogP contribution in [-0.4, -0.2) is 49.3 Å². The molecule has 2 aromatic rings. The molecule has 0 spiro atoms. The van der Waals surface area contributed by atoms with Gasteiger partial charge in [-0.3, -0.25) is 9.59 Å². The zero-order valence-corrected chi connectivity index (χ0v) is 15.7. The predicted molar refractivity (Wildman–Crippen MR) is 99.7 cm³/mol. The van der Waals surface area contributed by atoms with E-state index in [2.05, 4.69) is 15.6 Å². The summed E-state index contributed by atoms with van der Waals surface area (Å²) < 4.78 is 22.8. The molecule has 8 heteroatoms. The van der Waals surface area contributed by atoms with Crippen LogP contribution in [0.5, 0.6) is 0 Å². The predicted octanol–water partition coefficient (Wildman–Crippen LogP) is 0.747. The van der Waals surface area contributed by atoms with Crippen LogP contribution >= 0.6 is 0 Å². The fourth-order valence-electron chi connectivity index (χ4n) is 3.31. The first kappa shape index (κ1) is 18.4. The number of sulfone groups is 1. The van der Waals surface area contributed by atoms with Crippen molar-refractivity contribution in [3.63, 3.8) is 0 Å². The number of H-pyrrole nitrogens is 1. The van der Waals surface area contributed by atoms with Gasteiger partial charge in [-0.2, -0.15) is 0 Å². The van der Waals surface area contributed by atoms with Crippen LogP contribution < -0.4 is 10.6 Å². The second-order valence-corrected chi connectivity index (χ2v) is 9.13. The topological polar surface area (TPSA) is 108 Å². The van der Waals surface area contributed by atoms with Crippen molar-refractivity contribution in [3.05, 3.63) is 35.0 Å². The Bertz CT molecular complexity index is 962. The first-order valence-corrected chi connectivity index (χ1v) is 10.4. The number of aromatic nitrogens is 1. The van der Waals surface area contributed by atoms with Crippen molar-refractivity contribution >= 4 is 32.6 Å². The Morgan fingerprint density at radius 1 is 1.23 bits per heavy atom. The Labute approximate surface area is 152 Å². The molecule has 1 fully saturated rings. The fourth-order valence-corrected chi connectivity index (χ4v) is 4.99. The van der Waals surface area contributed by atoms with E-state index in [9.17, 15) is 18.0 Å². The van der Waals surface area contributed by atoms with Gasteiger partial charge in [0.1, 0.15) is 0 Å². The van der Waals surface area contributed by atoms with E-state index in [0.717, 1.165) is 27.7 Å². The lowest BCUT2D eigenvalue weighted by molar-refractivity contribution is -0.126. The van der Waals surface area contributed by atoms with Crippen LogP contribution in [0.1, 0.15) is 23.2 Å². The van der Waals surface area contributed by atoms with Gasteiger partial charge in [0.2, 0.25) is 11.8 Å². The number of fused-ring (bicyclic) bond motifs is 1. The van der Waals surface area contributed by atoms with Gasteiger partial charge in [-0.1, -0.05) is 11.6 Å². The third kappa shape index (κ3) is 4.24. The number of benzene rings is 1. The number of amides is 2. The fraction of sp³-hybridized carbons (Fsp3) is 0.444. The number of hydrogen-bond acceptors (Lipinski definition) is 4. The van der Waals surface area contributed by atoms with Crippen molar-refractivity contribution in [2.24, 2.45) is 0 Å². The Hall–Kier alpha value is -2.35. The molecule has 140 valence electrons. The lowest BCUT2D eigenvalue weighted by Gasteiger charge is -2.11. The standard InChI is InChI=1S/C18H23N3O4S/c1-11-3-4-16-15(7-11)14(12(2)20-16)8-17(22)19-9-18(23)21-13-5-6-26(24,25)10-13/h3-4,7,13,20H,5-6,8-10H2,1-2H3,(H,19,22)(H,21,23)/t13-/m1/s1. The first-order valence-electron chi connectivity index (χ1n) is 8.58. The van der Waals surface area contributed by atoms with Gasteiger partial charge in [-0.05, 0) is 38.0 Å². The second kappa shape index (κ2) is 7.11. The summed E-state index contributed by atoms with van der Waals surface area (Å²) in [6, 6.07) is 5.68. The minimum absolute atomic E-state index is 0.0272. The van der Waals surface area contributed by atoms with Crippen LogP contribution in [0.3, 0.4) is 0 Å². The molecule has 1 saturated heterocycles. The van der Waals surface area contributed by atoms with E-state index in [1.54, 1.807) is 0 Å². The van der Waals surface area contributed by atoms with Crippen molar-refractivity contribution < 1.29 is 18.0 Å². The van der Waals surface area contributed by atoms with Crippen LogP contribution in [0.15, 0.2) is 18.2 Å². The number of hydrogen-bond donors (Lipinski definition) is 3. The van der Waals surface area contributed by atoms with Crippen LogP contribution in [0, 0.1) is 13.8 Å². The van der Waals surface area contributed by atoms with Crippen molar-refractivity contribution in [1.29, 1.82) is 0 Å². The van der Waals surface area contributed by atoms with Gasteiger partial charge in [0.25, 0.3) is 0 Å². The SMILES string of the molecule is Cc1ccc2[nH]c(C)c(CC(=O)NCC(=O)N[C@@H]3CCS(=O)(=O)C3)c2c1. The third-order valence-electron chi connectivity index (χ3n) is 4.66. The highest BCUT2D eigenvalue weighted by Gasteiger charge is 2.28. The van der Waals surface area contributed by atoms with E-state index < -0.39 is 9.84 Å². The summed E-state index contributed by atoms with van der Waals surface area (Å²) in [7, 11) is -3.04. The van der Waals surface area contributed by atoms with Gasteiger partial charge in [0, 0.05) is 22.6 Å². The Morgan fingerprint density at radius 3 is 2.69 bits per heavy atom. The summed E-state index contributed by atoms with van der Waals surface area (Å²) >= 11 is 0. The van der Waals surface area contributed by atoms with Crippen molar-refractivity contribution in [3.8, 4) is 0 Å². The molecular weight excluding hydrogens is 354 g/mol. The van der Waals surface area contributed by atoms with E-state index >= 15 is 0 Å². The number of aromatic amines is 1. The van der Waals surface area contributed by atoms with Gasteiger partial charge in [-0.25, -0.2) is 8.42 Å². The third-order valence-corrected chi connectivity index (χ3v) is 6.42. The molecule has 3 rings (SSSR count). The monoisotopic (exact) mass is 377 g/mol. The maximum atomic E-state index is 12.2. The molecule has 0 saturated carbocycles. The van der Waals surface area contributed by atoms with E-state index in [1.165, 1.54) is 0 Å². The molecule has 1 aromatic carbocycles. The molecule has 0 aliphatic carbocycles. The molecular formula is C18H23N3O4S. The zero-order valence-electron chi connectivity index (χ0n) is 14.9. The molecule has 0 bridgehead atoms.